The van der Waals surface area contributed by atoms with E-state index < -0.39 is 23.8 Å². The smallest absolute Gasteiger partial charge is 0.416 e. The van der Waals surface area contributed by atoms with Crippen LogP contribution >= 0.6 is 11.6 Å². The van der Waals surface area contributed by atoms with Gasteiger partial charge in [0.15, 0.2) is 12.7 Å². The average molecular weight is 427 g/mol. The number of ether oxygens (including phenoxy) is 2. The molecule has 0 spiro atoms. The summed E-state index contributed by atoms with van der Waals surface area (Å²) in [6.07, 6.45) is -5.41. The first kappa shape index (κ1) is 20.7. The Bertz CT molecular complexity index is 1010. The van der Waals surface area contributed by atoms with Gasteiger partial charge < -0.3 is 14.0 Å². The van der Waals surface area contributed by atoms with Crippen LogP contribution in [0, 0.1) is 0 Å². The van der Waals surface area contributed by atoms with Crippen LogP contribution in [-0.2, 0) is 15.7 Å². The molecule has 1 unspecified atom stereocenters. The fourth-order valence-corrected chi connectivity index (χ4v) is 2.51. The monoisotopic (exact) mass is 426 g/mol. The second-order valence-corrected chi connectivity index (χ2v) is 6.35. The number of carbonyl (C=O) groups is 1. The third kappa shape index (κ3) is 5.47. The molecule has 0 amide bonds. The Hall–Kier alpha value is -3.07. The number of esters is 1. The van der Waals surface area contributed by atoms with Gasteiger partial charge in [0.2, 0.25) is 5.82 Å². The van der Waals surface area contributed by atoms with Crippen molar-refractivity contribution in [3.05, 3.63) is 65.0 Å². The minimum atomic E-state index is -4.49. The van der Waals surface area contributed by atoms with Gasteiger partial charge >= 0.3 is 12.1 Å². The van der Waals surface area contributed by atoms with Crippen molar-refractivity contribution in [2.45, 2.75) is 19.2 Å². The van der Waals surface area contributed by atoms with Crippen molar-refractivity contribution in [1.29, 1.82) is 0 Å². The van der Waals surface area contributed by atoms with E-state index in [0.29, 0.717) is 10.8 Å². The first-order valence-electron chi connectivity index (χ1n) is 8.31. The van der Waals surface area contributed by atoms with Gasteiger partial charge in [-0.15, -0.1) is 0 Å². The fourth-order valence-electron chi connectivity index (χ4n) is 2.33. The molecule has 10 heteroatoms. The predicted molar refractivity (Wildman–Crippen MR) is 96.2 cm³/mol. The van der Waals surface area contributed by atoms with E-state index in [1.807, 2.05) is 0 Å². The molecule has 0 bridgehead atoms. The van der Waals surface area contributed by atoms with E-state index in [1.54, 1.807) is 18.2 Å². The molecule has 3 rings (SSSR count). The number of carbonyl (C=O) groups excluding carboxylic acids is 1. The number of rotatable bonds is 6. The van der Waals surface area contributed by atoms with Crippen molar-refractivity contribution < 1.29 is 32.0 Å². The lowest BCUT2D eigenvalue weighted by Crippen LogP contribution is -2.17. The summed E-state index contributed by atoms with van der Waals surface area (Å²) < 4.78 is 53.9. The molecule has 6 nitrogen and oxygen atoms in total. The SMILES string of the molecule is CC(OC(=O)COc1cccc(Cl)c1)c1nc(-c2cccc(C(F)(F)F)c2)no1. The van der Waals surface area contributed by atoms with Crippen molar-refractivity contribution in [3.8, 4) is 17.1 Å². The molecule has 0 aliphatic heterocycles. The molecule has 1 heterocycles. The topological polar surface area (TPSA) is 74.5 Å². The number of aromatic nitrogens is 2. The van der Waals surface area contributed by atoms with E-state index in [0.717, 1.165) is 12.1 Å². The molecule has 29 heavy (non-hydrogen) atoms. The van der Waals surface area contributed by atoms with Crippen LogP contribution in [0.15, 0.2) is 53.1 Å². The van der Waals surface area contributed by atoms with E-state index in [-0.39, 0.29) is 23.9 Å². The zero-order valence-corrected chi connectivity index (χ0v) is 15.7. The summed E-state index contributed by atoms with van der Waals surface area (Å²) in [5.74, 6) is -0.416. The first-order chi connectivity index (χ1) is 13.7. The van der Waals surface area contributed by atoms with E-state index >= 15 is 0 Å². The lowest BCUT2D eigenvalue weighted by atomic mass is 10.1. The molecule has 0 saturated heterocycles. The highest BCUT2D eigenvalue weighted by Crippen LogP contribution is 2.31. The Morgan fingerprint density at radius 3 is 2.69 bits per heavy atom. The standard InChI is InChI=1S/C19H14ClF3N2O4/c1-11(28-16(26)10-27-15-7-3-6-14(20)9-15)18-24-17(25-29-18)12-4-2-5-13(8-12)19(21,22)23/h2-9,11H,10H2,1H3. The zero-order chi connectivity index (χ0) is 21.0. The minimum absolute atomic E-state index is 0.0517. The molecule has 0 fully saturated rings. The molecule has 0 saturated carbocycles. The molecule has 3 aromatic rings. The van der Waals surface area contributed by atoms with E-state index in [4.69, 9.17) is 25.6 Å². The summed E-state index contributed by atoms with van der Waals surface area (Å²) in [5.41, 5.74) is -0.711. The zero-order valence-electron chi connectivity index (χ0n) is 14.9. The quantitative estimate of drug-likeness (QED) is 0.511. The van der Waals surface area contributed by atoms with Crippen LogP contribution in [0.1, 0.15) is 24.5 Å². The number of benzene rings is 2. The third-order valence-corrected chi connectivity index (χ3v) is 3.93. The Balaban J connectivity index is 1.62. The van der Waals surface area contributed by atoms with E-state index in [9.17, 15) is 18.0 Å². The number of alkyl halides is 3. The van der Waals surface area contributed by atoms with Gasteiger partial charge in [0.1, 0.15) is 5.75 Å². The van der Waals surface area contributed by atoms with Crippen LogP contribution in [-0.4, -0.2) is 22.7 Å². The summed E-state index contributed by atoms with van der Waals surface area (Å²) in [6.45, 7) is 1.11. The molecule has 0 N–H and O–H groups in total. The summed E-state index contributed by atoms with van der Waals surface area (Å²) in [4.78, 5) is 15.9. The van der Waals surface area contributed by atoms with Gasteiger partial charge in [-0.3, -0.25) is 0 Å². The van der Waals surface area contributed by atoms with Crippen molar-refractivity contribution in [2.24, 2.45) is 0 Å². The fraction of sp³-hybridized carbons (Fsp3) is 0.211. The van der Waals surface area contributed by atoms with Crippen molar-refractivity contribution in [2.75, 3.05) is 6.61 Å². The van der Waals surface area contributed by atoms with Gasteiger partial charge in [0, 0.05) is 10.6 Å². The maximum atomic E-state index is 12.8. The summed E-state index contributed by atoms with van der Waals surface area (Å²) in [6, 6.07) is 11.0. The Morgan fingerprint density at radius 2 is 1.97 bits per heavy atom. The molecule has 1 atom stereocenters. The molecular weight excluding hydrogens is 413 g/mol. The maximum absolute atomic E-state index is 12.8. The van der Waals surface area contributed by atoms with Gasteiger partial charge in [-0.25, -0.2) is 4.79 Å². The van der Waals surface area contributed by atoms with Crippen LogP contribution < -0.4 is 4.74 Å². The van der Waals surface area contributed by atoms with Crippen molar-refractivity contribution in [3.63, 3.8) is 0 Å². The van der Waals surface area contributed by atoms with E-state index in [1.165, 1.54) is 25.1 Å². The average Bonchev–Trinajstić information content (AvgIpc) is 3.16. The number of nitrogens with zero attached hydrogens (tertiary/aromatic N) is 2. The maximum Gasteiger partial charge on any atom is 0.416 e. The molecule has 2 aromatic carbocycles. The highest BCUT2D eigenvalue weighted by molar-refractivity contribution is 6.30. The Kier molecular flexibility index (Phi) is 6.07. The highest BCUT2D eigenvalue weighted by atomic mass is 35.5. The molecule has 0 aliphatic carbocycles. The Labute approximate surface area is 168 Å². The first-order valence-corrected chi connectivity index (χ1v) is 8.69. The van der Waals surface area contributed by atoms with Crippen LogP contribution in [0.2, 0.25) is 5.02 Å². The number of hydrogen-bond donors (Lipinski definition) is 0. The summed E-state index contributed by atoms with van der Waals surface area (Å²) in [5, 5.41) is 4.11. The molecular formula is C19H14ClF3N2O4. The minimum Gasteiger partial charge on any atom is -0.482 e. The van der Waals surface area contributed by atoms with Gasteiger partial charge in [0.25, 0.3) is 5.89 Å². The predicted octanol–water partition coefficient (Wildman–Crippen LogP) is 5.09. The highest BCUT2D eigenvalue weighted by Gasteiger charge is 2.31. The van der Waals surface area contributed by atoms with E-state index in [2.05, 4.69) is 10.1 Å². The van der Waals surface area contributed by atoms with Crippen LogP contribution in [0.3, 0.4) is 0 Å². The lowest BCUT2D eigenvalue weighted by Gasteiger charge is -2.10. The van der Waals surface area contributed by atoms with Gasteiger partial charge in [0.05, 0.1) is 5.56 Å². The van der Waals surface area contributed by atoms with Crippen LogP contribution in [0.5, 0.6) is 5.75 Å². The normalized spacial score (nSPS) is 12.4. The second kappa shape index (κ2) is 8.52. The van der Waals surface area contributed by atoms with Crippen molar-refractivity contribution >= 4 is 17.6 Å². The molecule has 0 aliphatic rings. The van der Waals surface area contributed by atoms with Crippen molar-refractivity contribution in [1.82, 2.24) is 10.1 Å². The van der Waals surface area contributed by atoms with Crippen LogP contribution in [0.4, 0.5) is 13.2 Å². The second-order valence-electron chi connectivity index (χ2n) is 5.91. The number of hydrogen-bond acceptors (Lipinski definition) is 6. The van der Waals surface area contributed by atoms with Gasteiger partial charge in [-0.05, 0) is 37.3 Å². The number of halogens is 4. The molecule has 0 radical (unpaired) electrons. The largest absolute Gasteiger partial charge is 0.482 e. The van der Waals surface area contributed by atoms with Crippen LogP contribution in [0.25, 0.3) is 11.4 Å². The molecule has 1 aromatic heterocycles. The summed E-state index contributed by atoms with van der Waals surface area (Å²) >= 11 is 5.83. The summed E-state index contributed by atoms with van der Waals surface area (Å²) in [7, 11) is 0. The Morgan fingerprint density at radius 1 is 1.21 bits per heavy atom. The lowest BCUT2D eigenvalue weighted by molar-refractivity contribution is -0.152. The van der Waals surface area contributed by atoms with Gasteiger partial charge in [-0.2, -0.15) is 18.2 Å². The third-order valence-electron chi connectivity index (χ3n) is 3.70. The molecule has 152 valence electrons. The van der Waals surface area contributed by atoms with Gasteiger partial charge in [-0.1, -0.05) is 35.0 Å².